The van der Waals surface area contributed by atoms with Gasteiger partial charge in [-0.25, -0.2) is 4.79 Å². The summed E-state index contributed by atoms with van der Waals surface area (Å²) in [5.74, 6) is 0.217. The molecule has 4 heteroatoms. The number of hydrogen-bond donors (Lipinski definition) is 2. The summed E-state index contributed by atoms with van der Waals surface area (Å²) in [6.45, 7) is 7.47. The highest BCUT2D eigenvalue weighted by atomic mass is 16.4. The summed E-state index contributed by atoms with van der Waals surface area (Å²) >= 11 is 0. The van der Waals surface area contributed by atoms with Crippen LogP contribution in [0.2, 0.25) is 0 Å². The van der Waals surface area contributed by atoms with E-state index in [1.807, 2.05) is 0 Å². The second kappa shape index (κ2) is 5.11. The van der Waals surface area contributed by atoms with Crippen LogP contribution in [0.25, 0.3) is 0 Å². The van der Waals surface area contributed by atoms with E-state index in [0.29, 0.717) is 29.1 Å². The second-order valence-corrected chi connectivity index (χ2v) is 5.79. The van der Waals surface area contributed by atoms with Crippen LogP contribution < -0.4 is 10.6 Å². The Morgan fingerprint density at radius 2 is 2.05 bits per heavy atom. The van der Waals surface area contributed by atoms with Gasteiger partial charge in [-0.3, -0.25) is 0 Å². The van der Waals surface area contributed by atoms with E-state index in [1.54, 1.807) is 18.2 Å². The molecule has 0 saturated carbocycles. The molecule has 0 radical (unpaired) electrons. The molecule has 0 spiro atoms. The Bertz CT molecular complexity index is 487. The number of nitrogen functional groups attached to an aromatic ring is 1. The van der Waals surface area contributed by atoms with Gasteiger partial charge in [0.15, 0.2) is 0 Å². The monoisotopic (exact) mass is 262 g/mol. The SMILES string of the molecule is CC1CC(C)C(C)N(c2cc(N)ccc2C(=O)O)C1. The number of carbonyl (C=O) groups is 1. The first kappa shape index (κ1) is 13.7. The fraction of sp³-hybridized carbons (Fsp3) is 0.533. The topological polar surface area (TPSA) is 66.6 Å². The molecule has 0 amide bonds. The van der Waals surface area contributed by atoms with E-state index < -0.39 is 5.97 Å². The summed E-state index contributed by atoms with van der Waals surface area (Å²) in [5, 5.41) is 9.34. The highest BCUT2D eigenvalue weighted by molar-refractivity contribution is 5.95. The lowest BCUT2D eigenvalue weighted by Crippen LogP contribution is -2.46. The Hall–Kier alpha value is -1.71. The Morgan fingerprint density at radius 1 is 1.37 bits per heavy atom. The Morgan fingerprint density at radius 3 is 2.68 bits per heavy atom. The van der Waals surface area contributed by atoms with Crippen molar-refractivity contribution >= 4 is 17.3 Å². The standard InChI is InChI=1S/C15H22N2O2/c1-9-6-10(2)11(3)17(8-9)14-7-12(16)4-5-13(14)15(18)19/h4-5,7,9-11H,6,8,16H2,1-3H3,(H,18,19). The van der Waals surface area contributed by atoms with E-state index in [1.165, 1.54) is 6.42 Å². The number of piperidine rings is 1. The number of nitrogens with two attached hydrogens (primary N) is 1. The van der Waals surface area contributed by atoms with Crippen molar-refractivity contribution in [2.45, 2.75) is 33.2 Å². The maximum absolute atomic E-state index is 11.4. The molecule has 3 N–H and O–H groups in total. The quantitative estimate of drug-likeness (QED) is 0.804. The summed E-state index contributed by atoms with van der Waals surface area (Å²) in [5.41, 5.74) is 7.52. The molecule has 4 nitrogen and oxygen atoms in total. The zero-order chi connectivity index (χ0) is 14.2. The van der Waals surface area contributed by atoms with Crippen molar-refractivity contribution in [3.05, 3.63) is 23.8 Å². The van der Waals surface area contributed by atoms with Crippen molar-refractivity contribution in [2.24, 2.45) is 11.8 Å². The zero-order valence-electron chi connectivity index (χ0n) is 11.8. The van der Waals surface area contributed by atoms with Gasteiger partial charge in [0.25, 0.3) is 0 Å². The van der Waals surface area contributed by atoms with Gasteiger partial charge < -0.3 is 15.7 Å². The van der Waals surface area contributed by atoms with Crippen LogP contribution in [0.4, 0.5) is 11.4 Å². The largest absolute Gasteiger partial charge is 0.478 e. The van der Waals surface area contributed by atoms with Gasteiger partial charge in [-0.2, -0.15) is 0 Å². The van der Waals surface area contributed by atoms with Crippen molar-refractivity contribution < 1.29 is 9.90 Å². The molecule has 19 heavy (non-hydrogen) atoms. The normalized spacial score (nSPS) is 27.3. The number of aromatic carboxylic acids is 1. The van der Waals surface area contributed by atoms with Crippen molar-refractivity contribution in [2.75, 3.05) is 17.2 Å². The summed E-state index contributed by atoms with van der Waals surface area (Å²) in [6, 6.07) is 5.36. The van der Waals surface area contributed by atoms with Crippen LogP contribution in [-0.4, -0.2) is 23.7 Å². The van der Waals surface area contributed by atoms with Crippen LogP contribution in [-0.2, 0) is 0 Å². The molecule has 1 fully saturated rings. The van der Waals surface area contributed by atoms with Crippen LogP contribution in [0, 0.1) is 11.8 Å². The van der Waals surface area contributed by atoms with Crippen molar-refractivity contribution in [1.29, 1.82) is 0 Å². The van der Waals surface area contributed by atoms with Gasteiger partial charge in [0.1, 0.15) is 0 Å². The van der Waals surface area contributed by atoms with Crippen molar-refractivity contribution in [1.82, 2.24) is 0 Å². The summed E-state index contributed by atoms with van der Waals surface area (Å²) < 4.78 is 0. The van der Waals surface area contributed by atoms with E-state index in [4.69, 9.17) is 5.73 Å². The predicted molar refractivity (Wildman–Crippen MR) is 77.6 cm³/mol. The summed E-state index contributed by atoms with van der Waals surface area (Å²) in [4.78, 5) is 13.6. The molecule has 0 aromatic heterocycles. The van der Waals surface area contributed by atoms with Crippen LogP contribution >= 0.6 is 0 Å². The second-order valence-electron chi connectivity index (χ2n) is 5.79. The molecule has 104 valence electrons. The molecular formula is C15H22N2O2. The molecule has 1 aromatic carbocycles. The summed E-state index contributed by atoms with van der Waals surface area (Å²) in [6.07, 6.45) is 1.18. The fourth-order valence-electron chi connectivity index (χ4n) is 3.00. The fourth-order valence-corrected chi connectivity index (χ4v) is 3.00. The maximum Gasteiger partial charge on any atom is 0.337 e. The molecule has 1 heterocycles. The van der Waals surface area contributed by atoms with Crippen molar-refractivity contribution in [3.63, 3.8) is 0 Å². The molecule has 1 aromatic rings. The number of carboxylic acid groups (broad SMARTS) is 1. The third kappa shape index (κ3) is 2.67. The lowest BCUT2D eigenvalue weighted by atomic mass is 9.85. The Balaban J connectivity index is 2.44. The van der Waals surface area contributed by atoms with E-state index in [-0.39, 0.29) is 0 Å². The number of anilines is 2. The minimum Gasteiger partial charge on any atom is -0.478 e. The molecular weight excluding hydrogens is 240 g/mol. The number of nitrogens with zero attached hydrogens (tertiary/aromatic N) is 1. The number of carboxylic acids is 1. The van der Waals surface area contributed by atoms with Gasteiger partial charge in [-0.05, 0) is 43.4 Å². The van der Waals surface area contributed by atoms with Gasteiger partial charge >= 0.3 is 5.97 Å². The Labute approximate surface area is 114 Å². The maximum atomic E-state index is 11.4. The van der Waals surface area contributed by atoms with E-state index in [2.05, 4.69) is 25.7 Å². The lowest BCUT2D eigenvalue weighted by Gasteiger charge is -2.43. The van der Waals surface area contributed by atoms with Gasteiger partial charge in [0, 0.05) is 18.3 Å². The zero-order valence-corrected chi connectivity index (χ0v) is 11.8. The van der Waals surface area contributed by atoms with Gasteiger partial charge in [-0.15, -0.1) is 0 Å². The van der Waals surface area contributed by atoms with Gasteiger partial charge in [0.2, 0.25) is 0 Å². The number of rotatable bonds is 2. The molecule has 3 unspecified atom stereocenters. The smallest absolute Gasteiger partial charge is 0.337 e. The average molecular weight is 262 g/mol. The number of benzene rings is 1. The molecule has 1 aliphatic heterocycles. The van der Waals surface area contributed by atoms with Crippen LogP contribution in [0.15, 0.2) is 18.2 Å². The molecule has 2 rings (SSSR count). The van der Waals surface area contributed by atoms with Crippen LogP contribution in [0.5, 0.6) is 0 Å². The minimum atomic E-state index is -0.895. The first-order chi connectivity index (χ1) is 8.90. The minimum absolute atomic E-state index is 0.330. The van der Waals surface area contributed by atoms with Gasteiger partial charge in [-0.1, -0.05) is 13.8 Å². The highest BCUT2D eigenvalue weighted by Gasteiger charge is 2.31. The Kier molecular flexibility index (Phi) is 3.69. The molecule has 1 saturated heterocycles. The molecule has 0 bridgehead atoms. The third-order valence-electron chi connectivity index (χ3n) is 4.16. The number of hydrogen-bond acceptors (Lipinski definition) is 3. The van der Waals surface area contributed by atoms with E-state index in [9.17, 15) is 9.90 Å². The lowest BCUT2D eigenvalue weighted by molar-refractivity contribution is 0.0697. The van der Waals surface area contributed by atoms with E-state index in [0.717, 1.165) is 12.2 Å². The third-order valence-corrected chi connectivity index (χ3v) is 4.16. The van der Waals surface area contributed by atoms with Crippen molar-refractivity contribution in [3.8, 4) is 0 Å². The van der Waals surface area contributed by atoms with E-state index >= 15 is 0 Å². The average Bonchev–Trinajstić information content (AvgIpc) is 2.33. The summed E-state index contributed by atoms with van der Waals surface area (Å²) in [7, 11) is 0. The molecule has 0 aliphatic carbocycles. The van der Waals surface area contributed by atoms with Gasteiger partial charge in [0.05, 0.1) is 11.3 Å². The molecule has 3 atom stereocenters. The van der Waals surface area contributed by atoms with Crippen LogP contribution in [0.1, 0.15) is 37.6 Å². The highest BCUT2D eigenvalue weighted by Crippen LogP contribution is 2.34. The molecule has 1 aliphatic rings. The predicted octanol–water partition coefficient (Wildman–Crippen LogP) is 2.84. The van der Waals surface area contributed by atoms with Crippen LogP contribution in [0.3, 0.4) is 0 Å². The first-order valence-corrected chi connectivity index (χ1v) is 6.79. The first-order valence-electron chi connectivity index (χ1n) is 6.79.